The van der Waals surface area contributed by atoms with Crippen LogP contribution in [0.1, 0.15) is 25.0 Å². The molecule has 1 amide bonds. The minimum Gasteiger partial charge on any atom is -0.447 e. The number of hydrogen-bond donors (Lipinski definition) is 2. The van der Waals surface area contributed by atoms with Crippen LogP contribution in [0.15, 0.2) is 72.4 Å². The van der Waals surface area contributed by atoms with Crippen molar-refractivity contribution in [2.24, 2.45) is 0 Å². The van der Waals surface area contributed by atoms with Gasteiger partial charge in [0.1, 0.15) is 6.10 Å². The number of amides is 1. The third-order valence-corrected chi connectivity index (χ3v) is 4.27. The molecule has 5 nitrogen and oxygen atoms in total. The highest BCUT2D eigenvalue weighted by Crippen LogP contribution is 2.18. The predicted molar refractivity (Wildman–Crippen MR) is 105 cm³/mol. The van der Waals surface area contributed by atoms with Crippen molar-refractivity contribution < 1.29 is 14.4 Å². The van der Waals surface area contributed by atoms with E-state index in [2.05, 4.69) is 22.9 Å². The van der Waals surface area contributed by atoms with Crippen LogP contribution in [0.25, 0.3) is 0 Å². The largest absolute Gasteiger partial charge is 0.447 e. The van der Waals surface area contributed by atoms with Gasteiger partial charge in [0.25, 0.3) is 0 Å². The van der Waals surface area contributed by atoms with Gasteiger partial charge in [-0.25, -0.2) is 4.79 Å². The lowest BCUT2D eigenvalue weighted by Crippen LogP contribution is -2.45. The molecule has 1 aliphatic heterocycles. The minimum atomic E-state index is -0.431. The summed E-state index contributed by atoms with van der Waals surface area (Å²) in [7, 11) is 0. The van der Waals surface area contributed by atoms with Crippen molar-refractivity contribution in [1.29, 1.82) is 0 Å². The molecule has 2 aromatic rings. The van der Waals surface area contributed by atoms with E-state index in [0.29, 0.717) is 6.42 Å². The summed E-state index contributed by atoms with van der Waals surface area (Å²) in [5.74, 6) is 0. The summed E-state index contributed by atoms with van der Waals surface area (Å²) in [6.45, 7) is 3.66. The van der Waals surface area contributed by atoms with Gasteiger partial charge in [-0.05, 0) is 37.5 Å². The fourth-order valence-electron chi connectivity index (χ4n) is 3.04. The van der Waals surface area contributed by atoms with Crippen molar-refractivity contribution in [2.45, 2.75) is 44.9 Å². The number of nitrogens with one attached hydrogen (secondary N) is 2. The maximum absolute atomic E-state index is 12.2. The van der Waals surface area contributed by atoms with Gasteiger partial charge in [0.15, 0.2) is 0 Å². The van der Waals surface area contributed by atoms with Gasteiger partial charge in [-0.1, -0.05) is 60.7 Å². The molecule has 1 aliphatic rings. The van der Waals surface area contributed by atoms with Gasteiger partial charge in [0.05, 0.1) is 12.1 Å². The topological polar surface area (TPSA) is 59.6 Å². The number of hydroxylamine groups is 1. The zero-order valence-electron chi connectivity index (χ0n) is 15.7. The van der Waals surface area contributed by atoms with Gasteiger partial charge in [-0.2, -0.15) is 0 Å². The monoisotopic (exact) mass is 366 g/mol. The average molecular weight is 366 g/mol. The predicted octanol–water partition coefficient (Wildman–Crippen LogP) is 3.76. The Morgan fingerprint density at radius 3 is 2.33 bits per heavy atom. The summed E-state index contributed by atoms with van der Waals surface area (Å²) in [6.07, 6.45) is 2.56. The van der Waals surface area contributed by atoms with Crippen LogP contribution in [0.3, 0.4) is 0 Å². The second-order valence-electron chi connectivity index (χ2n) is 6.93. The van der Waals surface area contributed by atoms with Gasteiger partial charge in [0, 0.05) is 12.1 Å². The summed E-state index contributed by atoms with van der Waals surface area (Å²) < 4.78 is 5.25. The molecule has 0 aromatic heterocycles. The van der Waals surface area contributed by atoms with Crippen LogP contribution in [0.2, 0.25) is 0 Å². The first-order chi connectivity index (χ1) is 13.1. The smallest absolute Gasteiger partial charge is 0.407 e. The zero-order chi connectivity index (χ0) is 19.1. The van der Waals surface area contributed by atoms with E-state index < -0.39 is 6.09 Å². The molecule has 142 valence electrons. The van der Waals surface area contributed by atoms with Crippen LogP contribution >= 0.6 is 0 Å². The summed E-state index contributed by atoms with van der Waals surface area (Å²) >= 11 is 0. The van der Waals surface area contributed by atoms with E-state index in [1.807, 2.05) is 68.5 Å². The Hall–Kier alpha value is -2.79. The number of allylic oxidation sites excluding steroid dienone is 1. The molecule has 0 spiro atoms. The van der Waals surface area contributed by atoms with Crippen LogP contribution in [0, 0.1) is 0 Å². The van der Waals surface area contributed by atoms with E-state index >= 15 is 0 Å². The Morgan fingerprint density at radius 1 is 1.07 bits per heavy atom. The van der Waals surface area contributed by atoms with Gasteiger partial charge in [0.2, 0.25) is 0 Å². The molecule has 1 heterocycles. The molecule has 3 rings (SSSR count). The number of hydrogen-bond acceptors (Lipinski definition) is 4. The van der Waals surface area contributed by atoms with Crippen molar-refractivity contribution in [3.05, 3.63) is 83.6 Å². The second-order valence-corrected chi connectivity index (χ2v) is 6.93. The fourth-order valence-corrected chi connectivity index (χ4v) is 3.04. The highest BCUT2D eigenvalue weighted by molar-refractivity contribution is 5.68. The number of carbonyl (C=O) groups excluding carboxylic acids is 1. The molecule has 0 fully saturated rings. The molecule has 0 aliphatic carbocycles. The van der Waals surface area contributed by atoms with Crippen molar-refractivity contribution >= 4 is 6.09 Å². The SMILES string of the molecule is CC(C)OC(=O)NC(Cc1ccccc1)C1C=C(Cc2ccccc2)NO1. The van der Waals surface area contributed by atoms with E-state index in [0.717, 1.165) is 17.7 Å². The first-order valence-corrected chi connectivity index (χ1v) is 9.27. The molecule has 0 radical (unpaired) electrons. The van der Waals surface area contributed by atoms with Crippen LogP contribution < -0.4 is 10.8 Å². The van der Waals surface area contributed by atoms with Gasteiger partial charge < -0.3 is 10.1 Å². The Kier molecular flexibility index (Phi) is 6.49. The summed E-state index contributed by atoms with van der Waals surface area (Å²) in [4.78, 5) is 17.9. The Balaban J connectivity index is 1.70. The van der Waals surface area contributed by atoms with Crippen LogP contribution in [0.5, 0.6) is 0 Å². The lowest BCUT2D eigenvalue weighted by atomic mass is 10.00. The van der Waals surface area contributed by atoms with Crippen molar-refractivity contribution in [2.75, 3.05) is 0 Å². The molecule has 2 aromatic carbocycles. The first kappa shape index (κ1) is 19.0. The third-order valence-electron chi connectivity index (χ3n) is 4.27. The summed E-state index contributed by atoms with van der Waals surface area (Å²) in [5.41, 5.74) is 6.32. The molecule has 0 saturated carbocycles. The molecule has 2 unspecified atom stereocenters. The highest BCUT2D eigenvalue weighted by Gasteiger charge is 2.28. The molecule has 27 heavy (non-hydrogen) atoms. The Labute approximate surface area is 160 Å². The Bertz CT molecular complexity index is 760. The lowest BCUT2D eigenvalue weighted by molar-refractivity contribution is 0.0181. The average Bonchev–Trinajstić information content (AvgIpc) is 3.11. The normalized spacial score (nSPS) is 17.1. The molecule has 2 atom stereocenters. The standard InChI is InChI=1S/C22H26N2O3/c1-16(2)26-22(25)23-20(14-18-11-7-4-8-12-18)21-15-19(24-27-21)13-17-9-5-3-6-10-17/h3-12,15-16,20-21,24H,13-14H2,1-2H3,(H,23,25). The van der Waals surface area contributed by atoms with E-state index in [9.17, 15) is 4.79 Å². The number of carbonyl (C=O) groups is 1. The quantitative estimate of drug-likeness (QED) is 0.783. The fraction of sp³-hybridized carbons (Fsp3) is 0.318. The molecule has 2 N–H and O–H groups in total. The van der Waals surface area contributed by atoms with Gasteiger partial charge >= 0.3 is 6.09 Å². The van der Waals surface area contributed by atoms with Crippen molar-refractivity contribution in [1.82, 2.24) is 10.8 Å². The van der Waals surface area contributed by atoms with E-state index in [4.69, 9.17) is 9.57 Å². The van der Waals surface area contributed by atoms with Crippen LogP contribution in [-0.2, 0) is 22.4 Å². The van der Waals surface area contributed by atoms with E-state index in [1.165, 1.54) is 5.56 Å². The zero-order valence-corrected chi connectivity index (χ0v) is 15.7. The molecule has 0 saturated heterocycles. The number of rotatable bonds is 7. The minimum absolute atomic E-state index is 0.172. The molecule has 0 bridgehead atoms. The second kappa shape index (κ2) is 9.24. The Morgan fingerprint density at radius 2 is 1.70 bits per heavy atom. The van der Waals surface area contributed by atoms with E-state index in [-0.39, 0.29) is 18.2 Å². The first-order valence-electron chi connectivity index (χ1n) is 9.27. The maximum atomic E-state index is 12.2. The lowest BCUT2D eigenvalue weighted by Gasteiger charge is -2.23. The summed E-state index contributed by atoms with van der Waals surface area (Å²) in [6, 6.07) is 20.0. The van der Waals surface area contributed by atoms with Gasteiger partial charge in [-0.3, -0.25) is 10.3 Å². The van der Waals surface area contributed by atoms with Crippen molar-refractivity contribution in [3.8, 4) is 0 Å². The molecular weight excluding hydrogens is 340 g/mol. The van der Waals surface area contributed by atoms with Gasteiger partial charge in [-0.15, -0.1) is 0 Å². The summed E-state index contributed by atoms with van der Waals surface area (Å²) in [5, 5.41) is 2.95. The van der Waals surface area contributed by atoms with Crippen LogP contribution in [-0.4, -0.2) is 24.3 Å². The van der Waals surface area contributed by atoms with Crippen LogP contribution in [0.4, 0.5) is 4.79 Å². The molecular formula is C22H26N2O3. The van der Waals surface area contributed by atoms with E-state index in [1.54, 1.807) is 0 Å². The maximum Gasteiger partial charge on any atom is 0.407 e. The number of benzene rings is 2. The molecule has 5 heteroatoms. The number of ether oxygens (including phenoxy) is 1. The third kappa shape index (κ3) is 5.86. The highest BCUT2D eigenvalue weighted by atomic mass is 16.7. The number of alkyl carbamates (subject to hydrolysis) is 1. The van der Waals surface area contributed by atoms with Crippen molar-refractivity contribution in [3.63, 3.8) is 0 Å².